The molecule has 0 spiro atoms. The van der Waals surface area contributed by atoms with E-state index in [1.807, 2.05) is 19.1 Å². The number of aromatic nitrogens is 1. The van der Waals surface area contributed by atoms with E-state index >= 15 is 0 Å². The minimum atomic E-state index is 0.616. The van der Waals surface area contributed by atoms with Crippen molar-refractivity contribution >= 4 is 5.82 Å². The summed E-state index contributed by atoms with van der Waals surface area (Å²) in [5.41, 5.74) is 7.91. The monoisotopic (exact) mass is 148 g/mol. The van der Waals surface area contributed by atoms with Gasteiger partial charge in [-0.1, -0.05) is 6.08 Å². The molecule has 0 aliphatic carbocycles. The summed E-state index contributed by atoms with van der Waals surface area (Å²) in [5.74, 6) is 0.616. The Labute approximate surface area is 66.8 Å². The van der Waals surface area contributed by atoms with Crippen LogP contribution in [0.2, 0.25) is 0 Å². The van der Waals surface area contributed by atoms with Crippen LogP contribution < -0.4 is 5.73 Å². The summed E-state index contributed by atoms with van der Waals surface area (Å²) >= 11 is 0. The van der Waals surface area contributed by atoms with Gasteiger partial charge in [0.15, 0.2) is 0 Å². The third-order valence-electron chi connectivity index (χ3n) is 1.67. The van der Waals surface area contributed by atoms with Crippen LogP contribution >= 0.6 is 0 Å². The maximum atomic E-state index is 5.65. The number of nitrogen functional groups attached to an aromatic ring is 1. The molecular formula is C9H12N2. The predicted molar refractivity (Wildman–Crippen MR) is 47.3 cm³/mol. The van der Waals surface area contributed by atoms with Crippen LogP contribution in [0.1, 0.15) is 11.1 Å². The summed E-state index contributed by atoms with van der Waals surface area (Å²) in [6.45, 7) is 5.68. The molecule has 0 saturated carbocycles. The summed E-state index contributed by atoms with van der Waals surface area (Å²) in [4.78, 5) is 3.99. The van der Waals surface area contributed by atoms with Crippen molar-refractivity contribution in [3.05, 3.63) is 36.0 Å². The van der Waals surface area contributed by atoms with E-state index in [1.165, 1.54) is 5.56 Å². The molecule has 2 heteroatoms. The van der Waals surface area contributed by atoms with Crippen LogP contribution in [0, 0.1) is 6.92 Å². The van der Waals surface area contributed by atoms with Gasteiger partial charge >= 0.3 is 0 Å². The molecular weight excluding hydrogens is 136 g/mol. The van der Waals surface area contributed by atoms with Gasteiger partial charge in [-0.2, -0.15) is 0 Å². The summed E-state index contributed by atoms with van der Waals surface area (Å²) in [5, 5.41) is 0. The van der Waals surface area contributed by atoms with Crippen LogP contribution in [-0.4, -0.2) is 4.98 Å². The van der Waals surface area contributed by atoms with Crippen molar-refractivity contribution in [3.8, 4) is 0 Å². The van der Waals surface area contributed by atoms with Crippen molar-refractivity contribution in [3.63, 3.8) is 0 Å². The lowest BCUT2D eigenvalue weighted by Gasteiger charge is -2.04. The van der Waals surface area contributed by atoms with Crippen LogP contribution in [-0.2, 0) is 6.42 Å². The zero-order valence-electron chi connectivity index (χ0n) is 6.67. The average Bonchev–Trinajstić information content (AvgIpc) is 1.97. The molecule has 0 fully saturated rings. The number of nitrogens with zero attached hydrogens (tertiary/aromatic N) is 1. The van der Waals surface area contributed by atoms with Crippen molar-refractivity contribution < 1.29 is 0 Å². The second-order valence-electron chi connectivity index (χ2n) is 2.48. The molecule has 1 heterocycles. The normalized spacial score (nSPS) is 9.55. The molecule has 1 rings (SSSR count). The number of pyridine rings is 1. The Kier molecular flexibility index (Phi) is 2.26. The molecule has 2 N–H and O–H groups in total. The molecule has 11 heavy (non-hydrogen) atoms. The van der Waals surface area contributed by atoms with Crippen LogP contribution in [0.5, 0.6) is 0 Å². The van der Waals surface area contributed by atoms with Gasteiger partial charge in [0.1, 0.15) is 5.82 Å². The number of hydrogen-bond acceptors (Lipinski definition) is 2. The predicted octanol–water partition coefficient (Wildman–Crippen LogP) is 1.70. The van der Waals surface area contributed by atoms with Crippen LogP contribution in [0.25, 0.3) is 0 Å². The zero-order valence-corrected chi connectivity index (χ0v) is 6.67. The fourth-order valence-corrected chi connectivity index (χ4v) is 1.02. The minimum Gasteiger partial charge on any atom is -0.383 e. The SMILES string of the molecule is C=CCc1c(C)ccnc1N. The first-order valence-electron chi connectivity index (χ1n) is 3.56. The van der Waals surface area contributed by atoms with E-state index in [-0.39, 0.29) is 0 Å². The summed E-state index contributed by atoms with van der Waals surface area (Å²) in [6.07, 6.45) is 4.35. The van der Waals surface area contributed by atoms with Crippen molar-refractivity contribution in [1.82, 2.24) is 4.98 Å². The third kappa shape index (κ3) is 1.58. The summed E-state index contributed by atoms with van der Waals surface area (Å²) < 4.78 is 0. The average molecular weight is 148 g/mol. The van der Waals surface area contributed by atoms with E-state index in [9.17, 15) is 0 Å². The van der Waals surface area contributed by atoms with Crippen molar-refractivity contribution in [2.45, 2.75) is 13.3 Å². The molecule has 2 nitrogen and oxygen atoms in total. The van der Waals surface area contributed by atoms with E-state index in [1.54, 1.807) is 6.20 Å². The Morgan fingerprint density at radius 3 is 3.00 bits per heavy atom. The molecule has 0 aliphatic rings. The van der Waals surface area contributed by atoms with Crippen LogP contribution in [0.15, 0.2) is 24.9 Å². The topological polar surface area (TPSA) is 38.9 Å². The fourth-order valence-electron chi connectivity index (χ4n) is 1.02. The van der Waals surface area contributed by atoms with Crippen molar-refractivity contribution in [2.24, 2.45) is 0 Å². The molecule has 58 valence electrons. The lowest BCUT2D eigenvalue weighted by molar-refractivity contribution is 1.16. The molecule has 0 amide bonds. The van der Waals surface area contributed by atoms with Gasteiger partial charge in [0, 0.05) is 11.8 Å². The van der Waals surface area contributed by atoms with Gasteiger partial charge in [-0.15, -0.1) is 6.58 Å². The Bertz CT molecular complexity index is 246. The summed E-state index contributed by atoms with van der Waals surface area (Å²) in [6, 6.07) is 1.95. The first kappa shape index (κ1) is 7.79. The molecule has 0 bridgehead atoms. The molecule has 0 aromatic carbocycles. The smallest absolute Gasteiger partial charge is 0.127 e. The van der Waals surface area contributed by atoms with Gasteiger partial charge in [0.05, 0.1) is 0 Å². The first-order valence-corrected chi connectivity index (χ1v) is 3.56. The molecule has 0 aliphatic heterocycles. The van der Waals surface area contributed by atoms with E-state index < -0.39 is 0 Å². The Hall–Kier alpha value is -1.31. The van der Waals surface area contributed by atoms with E-state index in [0.717, 1.165) is 12.0 Å². The lowest BCUT2D eigenvalue weighted by Crippen LogP contribution is -1.98. The van der Waals surface area contributed by atoms with E-state index in [4.69, 9.17) is 5.73 Å². The lowest BCUT2D eigenvalue weighted by atomic mass is 10.1. The molecule has 0 atom stereocenters. The second kappa shape index (κ2) is 3.19. The Balaban J connectivity index is 3.09. The number of hydrogen-bond donors (Lipinski definition) is 1. The highest BCUT2D eigenvalue weighted by Crippen LogP contribution is 2.13. The van der Waals surface area contributed by atoms with Crippen molar-refractivity contribution in [1.29, 1.82) is 0 Å². The van der Waals surface area contributed by atoms with Gasteiger partial charge in [-0.3, -0.25) is 0 Å². The van der Waals surface area contributed by atoms with Gasteiger partial charge in [-0.25, -0.2) is 4.98 Å². The fraction of sp³-hybridized carbons (Fsp3) is 0.222. The molecule has 0 unspecified atom stereocenters. The Morgan fingerprint density at radius 2 is 2.45 bits per heavy atom. The van der Waals surface area contributed by atoms with E-state index in [2.05, 4.69) is 11.6 Å². The van der Waals surface area contributed by atoms with Gasteiger partial charge in [0.2, 0.25) is 0 Å². The molecule has 0 saturated heterocycles. The molecule has 1 aromatic heterocycles. The largest absolute Gasteiger partial charge is 0.383 e. The Morgan fingerprint density at radius 1 is 1.73 bits per heavy atom. The highest BCUT2D eigenvalue weighted by atomic mass is 14.8. The molecule has 0 radical (unpaired) electrons. The van der Waals surface area contributed by atoms with E-state index in [0.29, 0.717) is 5.82 Å². The summed E-state index contributed by atoms with van der Waals surface area (Å²) in [7, 11) is 0. The van der Waals surface area contributed by atoms with Gasteiger partial charge in [-0.05, 0) is 25.0 Å². The highest BCUT2D eigenvalue weighted by Gasteiger charge is 1.99. The minimum absolute atomic E-state index is 0.616. The van der Waals surface area contributed by atoms with Gasteiger partial charge < -0.3 is 5.73 Å². The van der Waals surface area contributed by atoms with Gasteiger partial charge in [0.25, 0.3) is 0 Å². The number of aryl methyl sites for hydroxylation is 1. The molecule has 1 aromatic rings. The quantitative estimate of drug-likeness (QED) is 0.648. The van der Waals surface area contributed by atoms with Crippen LogP contribution in [0.3, 0.4) is 0 Å². The standard InChI is InChI=1S/C9H12N2/c1-3-4-8-7(2)5-6-11-9(8)10/h3,5-6H,1,4H2,2H3,(H2,10,11). The maximum Gasteiger partial charge on any atom is 0.127 e. The highest BCUT2D eigenvalue weighted by molar-refractivity contribution is 5.44. The number of allylic oxidation sites excluding steroid dienone is 1. The van der Waals surface area contributed by atoms with Crippen molar-refractivity contribution in [2.75, 3.05) is 5.73 Å². The first-order chi connectivity index (χ1) is 5.25. The maximum absolute atomic E-state index is 5.65. The number of nitrogens with two attached hydrogens (primary N) is 1. The number of anilines is 1. The third-order valence-corrected chi connectivity index (χ3v) is 1.67. The van der Waals surface area contributed by atoms with Crippen LogP contribution in [0.4, 0.5) is 5.82 Å². The number of rotatable bonds is 2. The zero-order chi connectivity index (χ0) is 8.27. The second-order valence-corrected chi connectivity index (χ2v) is 2.48.